The van der Waals surface area contributed by atoms with Gasteiger partial charge in [-0.1, -0.05) is 0 Å². The number of carbonyl (C=O) groups excluding carboxylic acids is 2. The number of hydrogen-bond donors (Lipinski definition) is 3. The number of nitrogens with zero attached hydrogens (tertiary/aromatic N) is 1. The lowest BCUT2D eigenvalue weighted by Gasteiger charge is -2.39. The highest BCUT2D eigenvalue weighted by atomic mass is 16.4. The minimum Gasteiger partial charge on any atom is -0.480 e. The molecule has 3 amide bonds. The Labute approximate surface area is 105 Å². The molecule has 1 saturated carbocycles. The van der Waals surface area contributed by atoms with E-state index < -0.39 is 17.5 Å². The van der Waals surface area contributed by atoms with Crippen LogP contribution in [0.25, 0.3) is 0 Å². The molecule has 0 bridgehead atoms. The van der Waals surface area contributed by atoms with E-state index in [0.29, 0.717) is 32.5 Å². The van der Waals surface area contributed by atoms with E-state index in [1.807, 2.05) is 0 Å². The van der Waals surface area contributed by atoms with E-state index in [0.717, 1.165) is 6.42 Å². The van der Waals surface area contributed by atoms with Crippen LogP contribution in [-0.2, 0) is 9.59 Å². The molecule has 1 aliphatic heterocycles. The van der Waals surface area contributed by atoms with Crippen LogP contribution in [0, 0.1) is 0 Å². The van der Waals surface area contributed by atoms with Crippen LogP contribution in [0.1, 0.15) is 25.7 Å². The van der Waals surface area contributed by atoms with Crippen LogP contribution in [0.5, 0.6) is 0 Å². The van der Waals surface area contributed by atoms with Crippen molar-refractivity contribution >= 4 is 17.9 Å². The Kier molecular flexibility index (Phi) is 3.40. The third-order valence-electron chi connectivity index (χ3n) is 3.56. The highest BCUT2D eigenvalue weighted by Gasteiger charge is 2.46. The molecule has 0 spiro atoms. The van der Waals surface area contributed by atoms with Gasteiger partial charge in [0.05, 0.1) is 0 Å². The predicted molar refractivity (Wildman–Crippen MR) is 61.9 cm³/mol. The Morgan fingerprint density at radius 1 is 1.33 bits per heavy atom. The Bertz CT molecular complexity index is 378. The predicted octanol–water partition coefficient (Wildman–Crippen LogP) is -0.475. The summed E-state index contributed by atoms with van der Waals surface area (Å²) in [5.74, 6) is -1.06. The first-order chi connectivity index (χ1) is 8.53. The van der Waals surface area contributed by atoms with Gasteiger partial charge in [-0.2, -0.15) is 0 Å². The maximum absolute atomic E-state index is 12.0. The molecule has 2 rings (SSSR count). The first-order valence-electron chi connectivity index (χ1n) is 6.11. The second-order valence-electron chi connectivity index (χ2n) is 4.76. The zero-order valence-electron chi connectivity index (χ0n) is 10.1. The standard InChI is InChI=1S/C11H17N3O4/c15-8-2-6-14(7-5-12-8)10(18)13-11(9(16)17)3-1-4-11/h1-7H2,(H,12,15)(H,13,18)(H,16,17). The van der Waals surface area contributed by atoms with Crippen molar-refractivity contribution in [2.75, 3.05) is 19.6 Å². The lowest BCUT2D eigenvalue weighted by Crippen LogP contribution is -2.61. The molecule has 7 nitrogen and oxygen atoms in total. The molecule has 7 heteroatoms. The van der Waals surface area contributed by atoms with Gasteiger partial charge in [-0.25, -0.2) is 9.59 Å². The maximum atomic E-state index is 12.0. The van der Waals surface area contributed by atoms with Gasteiger partial charge in [0.25, 0.3) is 0 Å². The summed E-state index contributed by atoms with van der Waals surface area (Å²) in [7, 11) is 0. The Balaban J connectivity index is 1.94. The normalized spacial score (nSPS) is 22.4. The average Bonchev–Trinajstić information content (AvgIpc) is 2.47. The molecule has 2 fully saturated rings. The minimum absolute atomic E-state index is 0.0816. The molecule has 1 heterocycles. The number of aliphatic carboxylic acids is 1. The highest BCUT2D eigenvalue weighted by Crippen LogP contribution is 2.32. The molecule has 1 aliphatic carbocycles. The maximum Gasteiger partial charge on any atom is 0.329 e. The van der Waals surface area contributed by atoms with E-state index in [-0.39, 0.29) is 12.3 Å². The number of amides is 3. The van der Waals surface area contributed by atoms with Gasteiger partial charge in [0.15, 0.2) is 0 Å². The second-order valence-corrected chi connectivity index (χ2v) is 4.76. The number of urea groups is 1. The summed E-state index contributed by atoms with van der Waals surface area (Å²) >= 11 is 0. The molecule has 100 valence electrons. The molecule has 0 aromatic rings. The average molecular weight is 255 g/mol. The molecule has 1 saturated heterocycles. The zero-order valence-corrected chi connectivity index (χ0v) is 10.1. The van der Waals surface area contributed by atoms with Crippen molar-refractivity contribution in [2.24, 2.45) is 0 Å². The van der Waals surface area contributed by atoms with Gasteiger partial charge in [-0.15, -0.1) is 0 Å². The summed E-state index contributed by atoms with van der Waals surface area (Å²) in [6.07, 6.45) is 2.01. The molecule has 0 aromatic carbocycles. The van der Waals surface area contributed by atoms with E-state index in [2.05, 4.69) is 10.6 Å². The number of carboxylic acid groups (broad SMARTS) is 1. The van der Waals surface area contributed by atoms with E-state index in [1.54, 1.807) is 0 Å². The van der Waals surface area contributed by atoms with Crippen LogP contribution in [0.2, 0.25) is 0 Å². The van der Waals surface area contributed by atoms with E-state index in [1.165, 1.54) is 4.90 Å². The van der Waals surface area contributed by atoms with E-state index in [9.17, 15) is 14.4 Å². The number of carbonyl (C=O) groups is 3. The fourth-order valence-corrected chi connectivity index (χ4v) is 2.18. The van der Waals surface area contributed by atoms with Crippen LogP contribution in [0.4, 0.5) is 4.79 Å². The molecule has 2 aliphatic rings. The van der Waals surface area contributed by atoms with Crippen LogP contribution in [0.15, 0.2) is 0 Å². The van der Waals surface area contributed by atoms with Crippen molar-refractivity contribution in [1.82, 2.24) is 15.5 Å². The lowest BCUT2D eigenvalue weighted by atomic mass is 9.77. The van der Waals surface area contributed by atoms with Crippen molar-refractivity contribution in [2.45, 2.75) is 31.2 Å². The van der Waals surface area contributed by atoms with Crippen molar-refractivity contribution < 1.29 is 19.5 Å². The number of carboxylic acids is 1. The van der Waals surface area contributed by atoms with Crippen molar-refractivity contribution in [1.29, 1.82) is 0 Å². The first-order valence-corrected chi connectivity index (χ1v) is 6.11. The minimum atomic E-state index is -1.10. The van der Waals surface area contributed by atoms with E-state index >= 15 is 0 Å². The van der Waals surface area contributed by atoms with Crippen LogP contribution in [0.3, 0.4) is 0 Å². The molecule has 3 N–H and O–H groups in total. The summed E-state index contributed by atoms with van der Waals surface area (Å²) in [4.78, 5) is 35.8. The SMILES string of the molecule is O=C1CCN(C(=O)NC2(C(=O)O)CCC2)CCN1. The second kappa shape index (κ2) is 4.83. The van der Waals surface area contributed by atoms with Gasteiger partial charge in [0, 0.05) is 26.1 Å². The van der Waals surface area contributed by atoms with Gasteiger partial charge in [-0.3, -0.25) is 4.79 Å². The fourth-order valence-electron chi connectivity index (χ4n) is 2.18. The third kappa shape index (κ3) is 2.39. The Morgan fingerprint density at radius 3 is 2.61 bits per heavy atom. The number of nitrogens with one attached hydrogen (secondary N) is 2. The summed E-state index contributed by atoms with van der Waals surface area (Å²) in [6, 6.07) is -0.395. The Morgan fingerprint density at radius 2 is 2.06 bits per heavy atom. The number of hydrogen-bond acceptors (Lipinski definition) is 3. The summed E-state index contributed by atoms with van der Waals surface area (Å²) in [5, 5.41) is 14.4. The summed E-state index contributed by atoms with van der Waals surface area (Å²) in [6.45, 7) is 1.15. The number of rotatable bonds is 2. The topological polar surface area (TPSA) is 98.7 Å². The molecular weight excluding hydrogens is 238 g/mol. The lowest BCUT2D eigenvalue weighted by molar-refractivity contribution is -0.148. The fraction of sp³-hybridized carbons (Fsp3) is 0.727. The Hall–Kier alpha value is -1.79. The monoisotopic (exact) mass is 255 g/mol. The van der Waals surface area contributed by atoms with Crippen LogP contribution >= 0.6 is 0 Å². The van der Waals surface area contributed by atoms with Gasteiger partial charge < -0.3 is 20.6 Å². The van der Waals surface area contributed by atoms with Crippen molar-refractivity contribution in [3.05, 3.63) is 0 Å². The van der Waals surface area contributed by atoms with Crippen molar-refractivity contribution in [3.63, 3.8) is 0 Å². The summed E-state index contributed by atoms with van der Waals surface area (Å²) < 4.78 is 0. The zero-order chi connectivity index (χ0) is 13.2. The molecule has 0 aromatic heterocycles. The largest absolute Gasteiger partial charge is 0.480 e. The molecule has 0 atom stereocenters. The molecule has 0 radical (unpaired) electrons. The van der Waals surface area contributed by atoms with E-state index in [4.69, 9.17) is 5.11 Å². The van der Waals surface area contributed by atoms with Gasteiger partial charge in [0.2, 0.25) is 5.91 Å². The van der Waals surface area contributed by atoms with Gasteiger partial charge in [-0.05, 0) is 19.3 Å². The quantitative estimate of drug-likeness (QED) is 0.621. The van der Waals surface area contributed by atoms with Gasteiger partial charge in [0.1, 0.15) is 5.54 Å². The molecule has 18 heavy (non-hydrogen) atoms. The van der Waals surface area contributed by atoms with Crippen LogP contribution in [-0.4, -0.2) is 53.1 Å². The van der Waals surface area contributed by atoms with Crippen LogP contribution < -0.4 is 10.6 Å². The molecular formula is C11H17N3O4. The molecule has 0 unspecified atom stereocenters. The first kappa shape index (κ1) is 12.7. The highest BCUT2D eigenvalue weighted by molar-refractivity contribution is 5.87. The summed E-state index contributed by atoms with van der Waals surface area (Å²) in [5.41, 5.74) is -1.10. The van der Waals surface area contributed by atoms with Gasteiger partial charge >= 0.3 is 12.0 Å². The smallest absolute Gasteiger partial charge is 0.329 e. The third-order valence-corrected chi connectivity index (χ3v) is 3.56. The van der Waals surface area contributed by atoms with Crippen molar-refractivity contribution in [3.8, 4) is 0 Å².